The first-order valence-corrected chi connectivity index (χ1v) is 11.2. The number of nitro benzene ring substituents is 1. The van der Waals surface area contributed by atoms with Gasteiger partial charge >= 0.3 is 5.97 Å². The summed E-state index contributed by atoms with van der Waals surface area (Å²) in [7, 11) is -4.04. The third-order valence-corrected chi connectivity index (χ3v) is 6.77. The van der Waals surface area contributed by atoms with E-state index < -0.39 is 20.9 Å². The van der Waals surface area contributed by atoms with Crippen molar-refractivity contribution in [3.05, 3.63) is 46.5 Å². The van der Waals surface area contributed by atoms with E-state index in [1.54, 1.807) is 6.92 Å². The molecular formula is C20H24N2O6S. The fraction of sp³-hybridized carbons (Fsp3) is 0.500. The number of fused-ring (bicyclic) bond motifs is 2. The second kappa shape index (κ2) is 8.86. The van der Waals surface area contributed by atoms with Crippen LogP contribution >= 0.6 is 0 Å². The van der Waals surface area contributed by atoms with Gasteiger partial charge in [0.1, 0.15) is 0 Å². The van der Waals surface area contributed by atoms with Gasteiger partial charge in [0.25, 0.3) is 15.7 Å². The lowest BCUT2D eigenvalue weighted by atomic mass is 9.88. The van der Waals surface area contributed by atoms with Gasteiger partial charge in [-0.3, -0.25) is 14.9 Å². The molecule has 2 aliphatic rings. The highest BCUT2D eigenvalue weighted by Crippen LogP contribution is 2.39. The van der Waals surface area contributed by atoms with Crippen molar-refractivity contribution in [1.82, 2.24) is 0 Å². The van der Waals surface area contributed by atoms with E-state index in [2.05, 4.69) is 4.40 Å². The molecule has 2 bridgehead atoms. The maximum absolute atomic E-state index is 12.9. The number of benzene rings is 1. The van der Waals surface area contributed by atoms with Crippen LogP contribution in [0.3, 0.4) is 0 Å². The molecule has 0 N–H and O–H groups in total. The van der Waals surface area contributed by atoms with Gasteiger partial charge in [-0.2, -0.15) is 12.8 Å². The summed E-state index contributed by atoms with van der Waals surface area (Å²) in [6.07, 6.45) is 7.76. The summed E-state index contributed by atoms with van der Waals surface area (Å²) in [6, 6.07) is 4.68. The predicted molar refractivity (Wildman–Crippen MR) is 107 cm³/mol. The summed E-state index contributed by atoms with van der Waals surface area (Å²) < 4.78 is 35.2. The van der Waals surface area contributed by atoms with Crippen molar-refractivity contribution in [2.24, 2.45) is 22.2 Å². The third kappa shape index (κ3) is 4.72. The predicted octanol–water partition coefficient (Wildman–Crippen LogP) is 3.67. The molecule has 1 aromatic rings. The van der Waals surface area contributed by atoms with Gasteiger partial charge < -0.3 is 4.74 Å². The maximum atomic E-state index is 12.9. The Bertz CT molecular complexity index is 936. The summed E-state index contributed by atoms with van der Waals surface area (Å²) in [6.45, 7) is 2.00. The number of sulfonamides is 1. The highest BCUT2D eigenvalue weighted by molar-refractivity contribution is 7.90. The van der Waals surface area contributed by atoms with Crippen LogP contribution in [0.2, 0.25) is 0 Å². The Morgan fingerprint density at radius 2 is 1.97 bits per heavy atom. The van der Waals surface area contributed by atoms with Gasteiger partial charge in [-0.25, -0.2) is 0 Å². The Labute approximate surface area is 169 Å². The Morgan fingerprint density at radius 1 is 1.24 bits per heavy atom. The molecule has 1 unspecified atom stereocenters. The molecule has 0 amide bonds. The standard InChI is InChI=1S/C20H24N2O6S/c1-2-28-20(23)18-7-5-3-4-6-14-8-13-17(18)19(14)21-29(26,27)16-11-9-15(10-12-16)22(24)25/h5,7,9-12,14,17-18H,2-4,6,8,13H2,1H3/b7-5-,21-19+/t14?,17-,18-/m0/s1. The lowest BCUT2D eigenvalue weighted by Crippen LogP contribution is -2.29. The number of non-ortho nitro benzene ring substituents is 1. The summed E-state index contributed by atoms with van der Waals surface area (Å²) >= 11 is 0. The van der Waals surface area contributed by atoms with Gasteiger partial charge in [-0.05, 0) is 57.1 Å². The van der Waals surface area contributed by atoms with Gasteiger partial charge in [-0.1, -0.05) is 12.2 Å². The minimum absolute atomic E-state index is 0.00431. The molecular weight excluding hydrogens is 396 g/mol. The second-order valence-corrected chi connectivity index (χ2v) is 8.86. The fourth-order valence-corrected chi connectivity index (χ4v) is 5.20. The summed E-state index contributed by atoms with van der Waals surface area (Å²) in [5.74, 6) is -1.23. The molecule has 3 rings (SSSR count). The molecule has 9 heteroatoms. The average molecular weight is 420 g/mol. The van der Waals surface area contributed by atoms with E-state index in [-0.39, 0.29) is 35.0 Å². The average Bonchev–Trinajstić information content (AvgIpc) is 3.09. The molecule has 0 aliphatic heterocycles. The monoisotopic (exact) mass is 420 g/mol. The Kier molecular flexibility index (Phi) is 6.46. The number of rotatable bonds is 5. The van der Waals surface area contributed by atoms with Crippen molar-refractivity contribution >= 4 is 27.4 Å². The highest BCUT2D eigenvalue weighted by atomic mass is 32.2. The quantitative estimate of drug-likeness (QED) is 0.311. The summed E-state index contributed by atoms with van der Waals surface area (Å²) in [4.78, 5) is 22.6. The molecule has 29 heavy (non-hydrogen) atoms. The Hall–Kier alpha value is -2.55. The van der Waals surface area contributed by atoms with Crippen molar-refractivity contribution in [1.29, 1.82) is 0 Å². The second-order valence-electron chi connectivity index (χ2n) is 7.26. The van der Waals surface area contributed by atoms with E-state index in [1.165, 1.54) is 12.1 Å². The van der Waals surface area contributed by atoms with Gasteiger partial charge in [0.2, 0.25) is 0 Å². The topological polar surface area (TPSA) is 116 Å². The van der Waals surface area contributed by atoms with Gasteiger partial charge in [0, 0.05) is 23.8 Å². The number of hydrogen-bond acceptors (Lipinski definition) is 6. The maximum Gasteiger partial charge on any atom is 0.313 e. The molecule has 2 aliphatic carbocycles. The van der Waals surface area contributed by atoms with Crippen LogP contribution in [-0.4, -0.2) is 31.6 Å². The molecule has 1 aromatic carbocycles. The number of carbonyl (C=O) groups excluding carboxylic acids is 1. The minimum atomic E-state index is -4.04. The van der Waals surface area contributed by atoms with Gasteiger partial charge in [-0.15, -0.1) is 0 Å². The van der Waals surface area contributed by atoms with Crippen molar-refractivity contribution in [2.45, 2.75) is 43.9 Å². The van der Waals surface area contributed by atoms with Crippen LogP contribution in [-0.2, 0) is 19.6 Å². The molecule has 0 aromatic heterocycles. The molecule has 8 nitrogen and oxygen atoms in total. The molecule has 0 heterocycles. The summed E-state index contributed by atoms with van der Waals surface area (Å²) in [5.41, 5.74) is 0.333. The summed E-state index contributed by atoms with van der Waals surface area (Å²) in [5, 5.41) is 10.8. The lowest BCUT2D eigenvalue weighted by molar-refractivity contribution is -0.384. The normalized spacial score (nSPS) is 26.9. The molecule has 0 spiro atoms. The Balaban J connectivity index is 1.99. The van der Waals surface area contributed by atoms with Gasteiger partial charge in [0.05, 0.1) is 22.3 Å². The first kappa shape index (κ1) is 21.2. The van der Waals surface area contributed by atoms with Crippen LogP contribution in [0.25, 0.3) is 0 Å². The zero-order chi connectivity index (χ0) is 21.0. The molecule has 0 saturated heterocycles. The third-order valence-electron chi connectivity index (χ3n) is 5.45. The van der Waals surface area contributed by atoms with E-state index in [0.29, 0.717) is 12.1 Å². The van der Waals surface area contributed by atoms with E-state index >= 15 is 0 Å². The fourth-order valence-electron chi connectivity index (χ4n) is 4.05. The molecule has 3 atom stereocenters. The number of carbonyl (C=O) groups is 1. The first-order valence-electron chi connectivity index (χ1n) is 9.76. The van der Waals surface area contributed by atoms with E-state index in [4.69, 9.17) is 4.74 Å². The van der Waals surface area contributed by atoms with Crippen molar-refractivity contribution < 1.29 is 22.9 Å². The number of nitrogens with zero attached hydrogens (tertiary/aromatic N) is 2. The SMILES string of the molecule is CCOC(=O)[C@H]1/C=C\CCCC2CC[C@@H]1/C2=N/S(=O)(=O)c1ccc([N+](=O)[O-])cc1. The van der Waals surface area contributed by atoms with Crippen LogP contribution in [0, 0.1) is 27.9 Å². The van der Waals surface area contributed by atoms with E-state index in [1.807, 2.05) is 12.2 Å². The van der Waals surface area contributed by atoms with Gasteiger partial charge in [0.15, 0.2) is 0 Å². The molecule has 1 saturated carbocycles. The smallest absolute Gasteiger partial charge is 0.313 e. The minimum Gasteiger partial charge on any atom is -0.466 e. The van der Waals surface area contributed by atoms with Crippen LogP contribution in [0.15, 0.2) is 45.7 Å². The van der Waals surface area contributed by atoms with Crippen molar-refractivity contribution in [3.8, 4) is 0 Å². The molecule has 1 fully saturated rings. The molecule has 0 radical (unpaired) electrons. The number of allylic oxidation sites excluding steroid dienone is 1. The van der Waals surface area contributed by atoms with Crippen LogP contribution in [0.4, 0.5) is 5.69 Å². The number of hydrogen-bond donors (Lipinski definition) is 0. The van der Waals surface area contributed by atoms with Crippen LogP contribution in [0.1, 0.15) is 39.0 Å². The highest BCUT2D eigenvalue weighted by Gasteiger charge is 2.41. The number of ether oxygens (including phenoxy) is 1. The Morgan fingerprint density at radius 3 is 2.62 bits per heavy atom. The zero-order valence-electron chi connectivity index (χ0n) is 16.2. The largest absolute Gasteiger partial charge is 0.466 e. The molecule has 156 valence electrons. The van der Waals surface area contributed by atoms with Crippen molar-refractivity contribution in [2.75, 3.05) is 6.61 Å². The zero-order valence-corrected chi connectivity index (χ0v) is 17.0. The number of nitro groups is 1. The van der Waals surface area contributed by atoms with Crippen molar-refractivity contribution in [3.63, 3.8) is 0 Å². The first-order chi connectivity index (χ1) is 13.8. The van der Waals surface area contributed by atoms with Crippen LogP contribution < -0.4 is 0 Å². The number of esters is 1. The lowest BCUT2D eigenvalue weighted by Gasteiger charge is -2.20. The van der Waals surface area contributed by atoms with E-state index in [9.17, 15) is 23.3 Å². The van der Waals surface area contributed by atoms with E-state index in [0.717, 1.165) is 37.8 Å². The van der Waals surface area contributed by atoms with Crippen LogP contribution in [0.5, 0.6) is 0 Å².